The molecule has 1 saturated heterocycles. The van der Waals surface area contributed by atoms with Crippen molar-refractivity contribution in [2.24, 2.45) is 0 Å². The standard InChI is InChI=1S/C25H26F3N5O6S2/c1-30-41(36,37)32-14-18(31-40(29,35)17-12-10-16(11-13-17)39-25(26,27)28)24(34)21(15-32)33-19-6-2-4-8-22(19)38-23-9-5-3-7-20(23)33/h2-13,18,21,24,30,34H,14-15H2,1H3,(H2,29,31,35). The molecule has 2 aliphatic rings. The second-order valence-corrected chi connectivity index (χ2v) is 13.0. The Hall–Kier alpha value is -3.41. The summed E-state index contributed by atoms with van der Waals surface area (Å²) in [4.78, 5) is 1.56. The van der Waals surface area contributed by atoms with E-state index in [-0.39, 0.29) is 18.0 Å². The minimum Gasteiger partial charge on any atom is -0.453 e. The summed E-state index contributed by atoms with van der Waals surface area (Å²) in [6.07, 6.45) is -6.29. The van der Waals surface area contributed by atoms with Gasteiger partial charge in [-0.15, -0.1) is 13.2 Å². The molecule has 41 heavy (non-hydrogen) atoms. The number of piperidine rings is 1. The van der Waals surface area contributed by atoms with Crippen LogP contribution in [0.3, 0.4) is 0 Å². The van der Waals surface area contributed by atoms with E-state index in [2.05, 4.69) is 14.2 Å². The molecule has 0 aromatic heterocycles. The van der Waals surface area contributed by atoms with Crippen molar-refractivity contribution in [2.75, 3.05) is 25.0 Å². The second kappa shape index (κ2) is 10.8. The fourth-order valence-corrected chi connectivity index (χ4v) is 7.12. The number of rotatable bonds is 7. The normalized spacial score (nSPS) is 22.7. The van der Waals surface area contributed by atoms with E-state index in [4.69, 9.17) is 9.52 Å². The lowest BCUT2D eigenvalue weighted by atomic mass is 9.96. The number of fused-ring (bicyclic) bond motifs is 2. The van der Waals surface area contributed by atoms with Gasteiger partial charge in [-0.25, -0.2) is 18.4 Å². The van der Waals surface area contributed by atoms with Gasteiger partial charge in [-0.2, -0.15) is 12.7 Å². The van der Waals surface area contributed by atoms with Gasteiger partial charge in [-0.3, -0.25) is 0 Å². The van der Waals surface area contributed by atoms with Crippen molar-refractivity contribution in [3.8, 4) is 17.2 Å². The number of benzene rings is 3. The number of alkyl halides is 3. The third-order valence-corrected chi connectivity index (χ3v) is 9.77. The predicted octanol–water partition coefficient (Wildman–Crippen LogP) is 3.32. The first-order valence-corrected chi connectivity index (χ1v) is 15.2. The quantitative estimate of drug-likeness (QED) is 0.320. The first kappa shape index (κ1) is 29.1. The molecular weight excluding hydrogens is 587 g/mol. The molecule has 3 aromatic carbocycles. The highest BCUT2D eigenvalue weighted by atomic mass is 32.2. The van der Waals surface area contributed by atoms with Crippen LogP contribution >= 0.6 is 0 Å². The molecule has 0 amide bonds. The summed E-state index contributed by atoms with van der Waals surface area (Å²) >= 11 is 0. The van der Waals surface area contributed by atoms with Crippen LogP contribution in [0.1, 0.15) is 0 Å². The number of aliphatic hydroxyl groups is 1. The van der Waals surface area contributed by atoms with Crippen LogP contribution in [0, 0.1) is 4.78 Å². The first-order valence-electron chi connectivity index (χ1n) is 12.2. The topological polar surface area (TPSA) is 144 Å². The lowest BCUT2D eigenvalue weighted by Gasteiger charge is -2.47. The number of nitrogens with one attached hydrogen (secondary N) is 3. The molecule has 4 unspecified atom stereocenters. The zero-order valence-electron chi connectivity index (χ0n) is 21.4. The van der Waals surface area contributed by atoms with Crippen LogP contribution in [0.4, 0.5) is 24.5 Å². The highest BCUT2D eigenvalue weighted by molar-refractivity contribution is 7.90. The molecule has 2 heterocycles. The van der Waals surface area contributed by atoms with Crippen molar-refractivity contribution in [2.45, 2.75) is 29.4 Å². The van der Waals surface area contributed by atoms with Crippen molar-refractivity contribution in [1.29, 1.82) is 4.78 Å². The number of aliphatic hydroxyl groups excluding tert-OH is 1. The smallest absolute Gasteiger partial charge is 0.453 e. The average molecular weight is 614 g/mol. The zero-order chi connectivity index (χ0) is 29.6. The fraction of sp³-hybridized carbons (Fsp3) is 0.280. The van der Waals surface area contributed by atoms with Crippen molar-refractivity contribution >= 4 is 31.5 Å². The van der Waals surface area contributed by atoms with E-state index in [0.717, 1.165) is 28.6 Å². The molecular formula is C25H26F3N5O6S2. The van der Waals surface area contributed by atoms with Crippen LogP contribution in [0.2, 0.25) is 0 Å². The van der Waals surface area contributed by atoms with E-state index >= 15 is 0 Å². The first-order chi connectivity index (χ1) is 19.3. The lowest BCUT2D eigenvalue weighted by Crippen LogP contribution is -2.66. The molecule has 16 heteroatoms. The largest absolute Gasteiger partial charge is 0.573 e. The monoisotopic (exact) mass is 613 g/mol. The third-order valence-electron chi connectivity index (χ3n) is 6.70. The predicted molar refractivity (Wildman–Crippen MR) is 144 cm³/mol. The van der Waals surface area contributed by atoms with Crippen molar-refractivity contribution in [3.63, 3.8) is 0 Å². The number of hydrogen-bond donors (Lipinski definition) is 4. The Labute approximate surface area is 234 Å². The highest BCUT2D eigenvalue weighted by Gasteiger charge is 2.46. The Morgan fingerprint density at radius 3 is 2.05 bits per heavy atom. The molecule has 4 N–H and O–H groups in total. The van der Waals surface area contributed by atoms with Crippen LogP contribution in [-0.2, 0) is 20.1 Å². The van der Waals surface area contributed by atoms with E-state index in [1.54, 1.807) is 53.4 Å². The van der Waals surface area contributed by atoms with Crippen molar-refractivity contribution in [1.82, 2.24) is 13.7 Å². The molecule has 2 aliphatic heterocycles. The Balaban J connectivity index is 1.51. The minimum atomic E-state index is -4.93. The van der Waals surface area contributed by atoms with Crippen molar-refractivity contribution < 1.29 is 40.4 Å². The summed E-state index contributed by atoms with van der Waals surface area (Å²) in [7, 11) is -6.75. The number of halogens is 3. The van der Waals surface area contributed by atoms with Gasteiger partial charge < -0.3 is 19.5 Å². The van der Waals surface area contributed by atoms with Crippen molar-refractivity contribution in [3.05, 3.63) is 72.8 Å². The van der Waals surface area contributed by atoms with E-state index < -0.39 is 50.4 Å². The molecule has 0 saturated carbocycles. The number of nitrogens with zero attached hydrogens (tertiary/aromatic N) is 2. The third kappa shape index (κ3) is 5.98. The van der Waals surface area contributed by atoms with Crippen LogP contribution in [0.25, 0.3) is 0 Å². The Bertz CT molecular complexity index is 1590. The van der Waals surface area contributed by atoms with Gasteiger partial charge in [0.2, 0.25) is 0 Å². The van der Waals surface area contributed by atoms with Crippen LogP contribution in [0.5, 0.6) is 17.2 Å². The molecule has 220 valence electrons. The zero-order valence-corrected chi connectivity index (χ0v) is 23.0. The van der Waals surface area contributed by atoms with Gasteiger partial charge >= 0.3 is 6.36 Å². The van der Waals surface area contributed by atoms with Gasteiger partial charge in [0.1, 0.15) is 15.7 Å². The summed E-state index contributed by atoms with van der Waals surface area (Å²) < 4.78 is 101. The average Bonchev–Trinajstić information content (AvgIpc) is 2.92. The van der Waals surface area contributed by atoms with E-state index in [1.165, 1.54) is 7.05 Å². The molecule has 0 bridgehead atoms. The molecule has 1 fully saturated rings. The van der Waals surface area contributed by atoms with E-state index in [0.29, 0.717) is 22.9 Å². The number of hydrogen-bond acceptors (Lipinski definition) is 8. The fourth-order valence-electron chi connectivity index (χ4n) is 4.86. The SMILES string of the molecule is CNS(=O)(=O)N1CC(NS(=N)(=O)c2ccc(OC(F)(F)F)cc2)C(O)C(N2c3ccccc3Oc3ccccc32)C1. The molecule has 0 aliphatic carbocycles. The maximum Gasteiger partial charge on any atom is 0.573 e. The van der Waals surface area contributed by atoms with Gasteiger partial charge in [-0.05, 0) is 48.5 Å². The maximum absolute atomic E-state index is 13.5. The van der Waals surface area contributed by atoms with E-state index in [9.17, 15) is 30.9 Å². The minimum absolute atomic E-state index is 0.173. The number of ether oxygens (including phenoxy) is 2. The van der Waals surface area contributed by atoms with Gasteiger partial charge in [-0.1, -0.05) is 24.3 Å². The molecule has 0 spiro atoms. The summed E-state index contributed by atoms with van der Waals surface area (Å²) in [6, 6.07) is 15.8. The summed E-state index contributed by atoms with van der Waals surface area (Å²) in [6.45, 7) is -0.520. The highest BCUT2D eigenvalue weighted by Crippen LogP contribution is 2.48. The molecule has 4 atom stereocenters. The van der Waals surface area contributed by atoms with Crippen LogP contribution < -0.4 is 23.8 Å². The summed E-state index contributed by atoms with van der Waals surface area (Å²) in [5, 5.41) is 11.6. The Morgan fingerprint density at radius 2 is 1.51 bits per heavy atom. The van der Waals surface area contributed by atoms with E-state index in [1.807, 2.05) is 0 Å². The molecule has 0 radical (unpaired) electrons. The second-order valence-electron chi connectivity index (χ2n) is 9.29. The lowest BCUT2D eigenvalue weighted by molar-refractivity contribution is -0.274. The van der Waals surface area contributed by atoms with Gasteiger partial charge in [0.05, 0.1) is 34.5 Å². The molecule has 3 aromatic rings. The maximum atomic E-state index is 13.5. The summed E-state index contributed by atoms with van der Waals surface area (Å²) in [5.41, 5.74) is 1.12. The van der Waals surface area contributed by atoms with Crippen LogP contribution in [0.15, 0.2) is 77.7 Å². The van der Waals surface area contributed by atoms with Gasteiger partial charge in [0.25, 0.3) is 10.2 Å². The molecule has 11 nitrogen and oxygen atoms in total. The van der Waals surface area contributed by atoms with Crippen LogP contribution in [-0.4, -0.2) is 66.7 Å². The number of para-hydroxylation sites is 4. The Kier molecular flexibility index (Phi) is 7.65. The van der Waals surface area contributed by atoms with Gasteiger partial charge in [0.15, 0.2) is 11.5 Å². The molecule has 5 rings (SSSR count). The number of anilines is 2. The van der Waals surface area contributed by atoms with Gasteiger partial charge in [0, 0.05) is 20.1 Å². The Morgan fingerprint density at radius 1 is 0.951 bits per heavy atom. The summed E-state index contributed by atoms with van der Waals surface area (Å²) in [5.74, 6) is 0.383.